The summed E-state index contributed by atoms with van der Waals surface area (Å²) in [5.74, 6) is 1.25. The number of rotatable bonds is 4. The summed E-state index contributed by atoms with van der Waals surface area (Å²) in [6.07, 6.45) is 3.90. The van der Waals surface area contributed by atoms with E-state index < -0.39 is 0 Å². The van der Waals surface area contributed by atoms with Crippen LogP contribution < -0.4 is 5.32 Å². The lowest BCUT2D eigenvalue weighted by molar-refractivity contribution is 0.470. The number of anilines is 1. The highest BCUT2D eigenvalue weighted by atomic mass is 16.3. The Hall–Kier alpha value is -1.18. The van der Waals surface area contributed by atoms with Crippen LogP contribution in [0.15, 0.2) is 12.1 Å². The van der Waals surface area contributed by atoms with Crippen LogP contribution in [-0.2, 0) is 0 Å². The van der Waals surface area contributed by atoms with Crippen LogP contribution in [0.5, 0.6) is 5.75 Å². The van der Waals surface area contributed by atoms with Gasteiger partial charge < -0.3 is 10.4 Å². The van der Waals surface area contributed by atoms with E-state index in [1.807, 2.05) is 19.9 Å². The molecule has 1 aliphatic carbocycles. The van der Waals surface area contributed by atoms with Crippen molar-refractivity contribution in [3.63, 3.8) is 0 Å². The summed E-state index contributed by atoms with van der Waals surface area (Å²) in [7, 11) is 0. The molecular weight excluding hydrogens is 198 g/mol. The summed E-state index contributed by atoms with van der Waals surface area (Å²) in [5, 5.41) is 13.2. The van der Waals surface area contributed by atoms with Crippen LogP contribution in [0.25, 0.3) is 0 Å². The average molecular weight is 219 g/mol. The number of benzene rings is 1. The summed E-state index contributed by atoms with van der Waals surface area (Å²) in [6.45, 7) is 6.22. The smallest absolute Gasteiger partial charge is 0.118 e. The van der Waals surface area contributed by atoms with Gasteiger partial charge in [-0.2, -0.15) is 0 Å². The molecule has 2 N–H and O–H groups in total. The molecular formula is C14H21NO. The van der Waals surface area contributed by atoms with E-state index in [0.717, 1.165) is 17.0 Å². The normalized spacial score (nSPS) is 17.2. The van der Waals surface area contributed by atoms with Crippen LogP contribution in [0.2, 0.25) is 0 Å². The number of phenols is 1. The molecule has 2 nitrogen and oxygen atoms in total. The predicted octanol–water partition coefficient (Wildman–Crippen LogP) is 3.61. The van der Waals surface area contributed by atoms with Gasteiger partial charge in [-0.05, 0) is 62.3 Å². The summed E-state index contributed by atoms with van der Waals surface area (Å²) in [6, 6.07) is 4.50. The third kappa shape index (κ3) is 2.31. The lowest BCUT2D eigenvalue weighted by Gasteiger charge is -2.20. The van der Waals surface area contributed by atoms with Gasteiger partial charge in [-0.3, -0.25) is 0 Å². The van der Waals surface area contributed by atoms with Gasteiger partial charge in [-0.25, -0.2) is 0 Å². The van der Waals surface area contributed by atoms with Crippen molar-refractivity contribution < 1.29 is 5.11 Å². The zero-order valence-corrected chi connectivity index (χ0v) is 10.4. The van der Waals surface area contributed by atoms with Crippen LogP contribution >= 0.6 is 0 Å². The van der Waals surface area contributed by atoms with E-state index >= 15 is 0 Å². The van der Waals surface area contributed by atoms with E-state index in [9.17, 15) is 5.11 Å². The maximum absolute atomic E-state index is 9.61. The molecule has 0 bridgehead atoms. The molecule has 0 heterocycles. The maximum Gasteiger partial charge on any atom is 0.118 e. The highest BCUT2D eigenvalue weighted by molar-refractivity contribution is 5.57. The van der Waals surface area contributed by atoms with E-state index in [0.29, 0.717) is 11.8 Å². The first-order valence-corrected chi connectivity index (χ1v) is 6.18. The molecule has 0 radical (unpaired) electrons. The summed E-state index contributed by atoms with van der Waals surface area (Å²) in [4.78, 5) is 0. The zero-order chi connectivity index (χ0) is 11.7. The Kier molecular flexibility index (Phi) is 3.08. The number of hydrogen-bond acceptors (Lipinski definition) is 2. The Morgan fingerprint density at radius 1 is 1.31 bits per heavy atom. The largest absolute Gasteiger partial charge is 0.508 e. The molecule has 1 atom stereocenters. The van der Waals surface area contributed by atoms with Gasteiger partial charge in [0.15, 0.2) is 0 Å². The van der Waals surface area contributed by atoms with Crippen molar-refractivity contribution in [1.82, 2.24) is 0 Å². The molecule has 1 saturated carbocycles. The van der Waals surface area contributed by atoms with Crippen LogP contribution in [0.1, 0.15) is 37.3 Å². The van der Waals surface area contributed by atoms with E-state index in [-0.39, 0.29) is 0 Å². The molecule has 0 aromatic heterocycles. The van der Waals surface area contributed by atoms with Crippen LogP contribution in [-0.4, -0.2) is 11.1 Å². The second-order valence-corrected chi connectivity index (χ2v) is 4.95. The van der Waals surface area contributed by atoms with Gasteiger partial charge in [0.2, 0.25) is 0 Å². The summed E-state index contributed by atoms with van der Waals surface area (Å²) in [5.41, 5.74) is 3.25. The molecule has 1 aromatic rings. The molecule has 2 heteroatoms. The Morgan fingerprint density at radius 3 is 2.56 bits per heavy atom. The van der Waals surface area contributed by atoms with Crippen molar-refractivity contribution in [3.05, 3.63) is 23.3 Å². The molecule has 0 saturated heterocycles. The lowest BCUT2D eigenvalue weighted by atomic mass is 10.1. The van der Waals surface area contributed by atoms with Crippen molar-refractivity contribution >= 4 is 5.69 Å². The van der Waals surface area contributed by atoms with Gasteiger partial charge in [0.1, 0.15) is 5.75 Å². The highest BCUT2D eigenvalue weighted by Crippen LogP contribution is 2.36. The van der Waals surface area contributed by atoms with Gasteiger partial charge in [0, 0.05) is 11.7 Å². The van der Waals surface area contributed by atoms with Gasteiger partial charge in [-0.1, -0.05) is 6.92 Å². The molecule has 0 aliphatic heterocycles. The minimum absolute atomic E-state index is 0.391. The second kappa shape index (κ2) is 4.36. The number of aromatic hydroxyl groups is 1. The lowest BCUT2D eigenvalue weighted by Crippen LogP contribution is -2.21. The van der Waals surface area contributed by atoms with Gasteiger partial charge >= 0.3 is 0 Å². The van der Waals surface area contributed by atoms with Gasteiger partial charge in [0.25, 0.3) is 0 Å². The molecule has 16 heavy (non-hydrogen) atoms. The van der Waals surface area contributed by atoms with Gasteiger partial charge in [-0.15, -0.1) is 0 Å². The average Bonchev–Trinajstić information content (AvgIpc) is 3.05. The first-order chi connectivity index (χ1) is 7.61. The predicted molar refractivity (Wildman–Crippen MR) is 68.0 cm³/mol. The summed E-state index contributed by atoms with van der Waals surface area (Å²) < 4.78 is 0. The fourth-order valence-corrected chi connectivity index (χ4v) is 2.21. The van der Waals surface area contributed by atoms with Crippen LogP contribution in [0.3, 0.4) is 0 Å². The molecule has 0 spiro atoms. The Balaban J connectivity index is 2.16. The van der Waals surface area contributed by atoms with E-state index in [2.05, 4.69) is 18.3 Å². The van der Waals surface area contributed by atoms with Crippen molar-refractivity contribution in [2.24, 2.45) is 5.92 Å². The number of aryl methyl sites for hydroxylation is 2. The SMILES string of the molecule is CCC(Nc1cc(C)c(O)cc1C)C1CC1. The number of hydrogen-bond donors (Lipinski definition) is 2. The standard InChI is InChI=1S/C14H21NO/c1-4-12(11-5-6-11)15-13-7-10(3)14(16)8-9(13)2/h7-8,11-12,15-16H,4-6H2,1-3H3. The zero-order valence-electron chi connectivity index (χ0n) is 10.4. The van der Waals surface area contributed by atoms with Crippen molar-refractivity contribution in [1.29, 1.82) is 0 Å². The van der Waals surface area contributed by atoms with Crippen LogP contribution in [0.4, 0.5) is 5.69 Å². The Labute approximate surface area is 97.7 Å². The fraction of sp³-hybridized carbons (Fsp3) is 0.571. The minimum Gasteiger partial charge on any atom is -0.508 e. The van der Waals surface area contributed by atoms with E-state index in [1.165, 1.54) is 24.9 Å². The van der Waals surface area contributed by atoms with Gasteiger partial charge in [0.05, 0.1) is 0 Å². The topological polar surface area (TPSA) is 32.3 Å². The van der Waals surface area contributed by atoms with Crippen molar-refractivity contribution in [2.45, 2.75) is 46.1 Å². The maximum atomic E-state index is 9.61. The fourth-order valence-electron chi connectivity index (χ4n) is 2.21. The third-order valence-electron chi connectivity index (χ3n) is 3.51. The van der Waals surface area contributed by atoms with E-state index in [4.69, 9.17) is 0 Å². The molecule has 88 valence electrons. The van der Waals surface area contributed by atoms with E-state index in [1.54, 1.807) is 0 Å². The molecule has 1 aromatic carbocycles. The molecule has 1 aliphatic rings. The number of phenolic OH excluding ortho intramolecular Hbond substituents is 1. The van der Waals surface area contributed by atoms with Crippen molar-refractivity contribution in [2.75, 3.05) is 5.32 Å². The second-order valence-electron chi connectivity index (χ2n) is 4.95. The van der Waals surface area contributed by atoms with Crippen LogP contribution in [0, 0.1) is 19.8 Å². The molecule has 1 fully saturated rings. The van der Waals surface area contributed by atoms with Crippen molar-refractivity contribution in [3.8, 4) is 5.75 Å². The first kappa shape index (κ1) is 11.3. The quantitative estimate of drug-likeness (QED) is 0.758. The third-order valence-corrected chi connectivity index (χ3v) is 3.51. The molecule has 2 rings (SSSR count). The first-order valence-electron chi connectivity index (χ1n) is 6.18. The minimum atomic E-state index is 0.391. The summed E-state index contributed by atoms with van der Waals surface area (Å²) >= 11 is 0. The monoisotopic (exact) mass is 219 g/mol. The number of nitrogens with one attached hydrogen (secondary N) is 1. The Morgan fingerprint density at radius 2 is 2.00 bits per heavy atom. The Bertz CT molecular complexity index is 383. The molecule has 1 unspecified atom stereocenters. The highest BCUT2D eigenvalue weighted by Gasteiger charge is 2.30. The molecule has 0 amide bonds.